The zero-order valence-electron chi connectivity index (χ0n) is 8.93. The SMILES string of the molecule is CC.CNCN1CCN(C)CC1. The second-order valence-corrected chi connectivity index (χ2v) is 2.93. The number of hydrogen-bond acceptors (Lipinski definition) is 3. The monoisotopic (exact) mass is 173 g/mol. The summed E-state index contributed by atoms with van der Waals surface area (Å²) in [5.41, 5.74) is 0. The average molecular weight is 173 g/mol. The van der Waals surface area contributed by atoms with Crippen molar-refractivity contribution >= 4 is 0 Å². The van der Waals surface area contributed by atoms with Crippen LogP contribution in [0.2, 0.25) is 0 Å². The van der Waals surface area contributed by atoms with Gasteiger partial charge in [0.1, 0.15) is 0 Å². The minimum absolute atomic E-state index is 1.04. The highest BCUT2D eigenvalue weighted by Crippen LogP contribution is 1.95. The summed E-state index contributed by atoms with van der Waals surface area (Å²) in [5.74, 6) is 0. The highest BCUT2D eigenvalue weighted by atomic mass is 15.3. The predicted molar refractivity (Wildman–Crippen MR) is 54.3 cm³/mol. The average Bonchev–Trinajstić information content (AvgIpc) is 2.13. The molecule has 0 aliphatic carbocycles. The number of hydrogen-bond donors (Lipinski definition) is 1. The molecule has 0 radical (unpaired) electrons. The van der Waals surface area contributed by atoms with E-state index < -0.39 is 0 Å². The minimum atomic E-state index is 1.04. The van der Waals surface area contributed by atoms with Crippen LogP contribution in [0, 0.1) is 0 Å². The molecule has 1 saturated heterocycles. The van der Waals surface area contributed by atoms with Crippen LogP contribution in [0.1, 0.15) is 13.8 Å². The Morgan fingerprint density at radius 2 is 1.58 bits per heavy atom. The van der Waals surface area contributed by atoms with Crippen molar-refractivity contribution in [1.82, 2.24) is 15.1 Å². The lowest BCUT2D eigenvalue weighted by atomic mass is 10.3. The first-order valence-electron chi connectivity index (χ1n) is 4.88. The van der Waals surface area contributed by atoms with Gasteiger partial charge in [-0.1, -0.05) is 13.8 Å². The van der Waals surface area contributed by atoms with Crippen LogP contribution < -0.4 is 5.32 Å². The molecule has 0 atom stereocenters. The Morgan fingerprint density at radius 1 is 1.08 bits per heavy atom. The van der Waals surface area contributed by atoms with Gasteiger partial charge in [-0.05, 0) is 14.1 Å². The van der Waals surface area contributed by atoms with Crippen molar-refractivity contribution in [1.29, 1.82) is 0 Å². The van der Waals surface area contributed by atoms with E-state index in [4.69, 9.17) is 0 Å². The predicted octanol–water partition coefficient (Wildman–Crippen LogP) is 0.437. The van der Waals surface area contributed by atoms with Crippen LogP contribution >= 0.6 is 0 Å². The lowest BCUT2D eigenvalue weighted by Gasteiger charge is -2.31. The van der Waals surface area contributed by atoms with Crippen molar-refractivity contribution < 1.29 is 0 Å². The maximum absolute atomic E-state index is 3.16. The van der Waals surface area contributed by atoms with Crippen LogP contribution in [-0.2, 0) is 0 Å². The van der Waals surface area contributed by atoms with Gasteiger partial charge in [0.05, 0.1) is 0 Å². The molecule has 0 aromatic carbocycles. The van der Waals surface area contributed by atoms with Gasteiger partial charge in [-0.25, -0.2) is 0 Å². The molecule has 1 fully saturated rings. The zero-order valence-corrected chi connectivity index (χ0v) is 8.93. The van der Waals surface area contributed by atoms with Gasteiger partial charge in [0, 0.05) is 32.8 Å². The van der Waals surface area contributed by atoms with Gasteiger partial charge in [-0.15, -0.1) is 0 Å². The fraction of sp³-hybridized carbons (Fsp3) is 1.00. The Kier molecular flexibility index (Phi) is 7.45. The lowest BCUT2D eigenvalue weighted by molar-refractivity contribution is 0.148. The van der Waals surface area contributed by atoms with Gasteiger partial charge < -0.3 is 10.2 Å². The summed E-state index contributed by atoms with van der Waals surface area (Å²) in [5, 5.41) is 3.16. The lowest BCUT2D eigenvalue weighted by Crippen LogP contribution is -2.47. The molecule has 1 rings (SSSR count). The number of likely N-dealkylation sites (N-methyl/N-ethyl adjacent to an activating group) is 1. The Bertz CT molecular complexity index is 87.8. The van der Waals surface area contributed by atoms with Crippen LogP contribution in [0.25, 0.3) is 0 Å². The third-order valence-electron chi connectivity index (χ3n) is 1.98. The fourth-order valence-electron chi connectivity index (χ4n) is 1.23. The van der Waals surface area contributed by atoms with E-state index >= 15 is 0 Å². The molecule has 1 N–H and O–H groups in total. The van der Waals surface area contributed by atoms with Gasteiger partial charge >= 0.3 is 0 Å². The quantitative estimate of drug-likeness (QED) is 0.653. The van der Waals surface area contributed by atoms with Crippen LogP contribution in [0.5, 0.6) is 0 Å². The standard InChI is InChI=1S/C7H17N3.C2H6/c1-8-7-10-5-3-9(2)4-6-10;1-2/h8H,3-7H2,1-2H3;1-2H3. The molecule has 1 aliphatic rings. The topological polar surface area (TPSA) is 18.5 Å². The Balaban J connectivity index is 0.000000561. The first kappa shape index (κ1) is 11.9. The maximum Gasteiger partial charge on any atom is 0.0479 e. The Labute approximate surface area is 76.7 Å². The van der Waals surface area contributed by atoms with Crippen molar-refractivity contribution in [2.45, 2.75) is 13.8 Å². The molecule has 0 aromatic heterocycles. The van der Waals surface area contributed by atoms with E-state index in [9.17, 15) is 0 Å². The van der Waals surface area contributed by atoms with E-state index in [-0.39, 0.29) is 0 Å². The van der Waals surface area contributed by atoms with Crippen LogP contribution in [0.3, 0.4) is 0 Å². The summed E-state index contributed by atoms with van der Waals surface area (Å²) in [4.78, 5) is 4.80. The highest BCUT2D eigenvalue weighted by Gasteiger charge is 2.11. The largest absolute Gasteiger partial charge is 0.307 e. The van der Waals surface area contributed by atoms with Crippen LogP contribution in [-0.4, -0.2) is 56.7 Å². The van der Waals surface area contributed by atoms with Crippen molar-refractivity contribution in [3.8, 4) is 0 Å². The molecule has 1 heterocycles. The summed E-state index contributed by atoms with van der Waals surface area (Å²) >= 11 is 0. The molecule has 0 saturated carbocycles. The number of rotatable bonds is 2. The first-order valence-corrected chi connectivity index (χ1v) is 4.88. The van der Waals surface area contributed by atoms with Crippen molar-refractivity contribution in [3.05, 3.63) is 0 Å². The molecule has 1 aliphatic heterocycles. The summed E-state index contributed by atoms with van der Waals surface area (Å²) < 4.78 is 0. The number of piperazine rings is 1. The van der Waals surface area contributed by atoms with Crippen molar-refractivity contribution in [2.75, 3.05) is 46.9 Å². The van der Waals surface area contributed by atoms with Crippen molar-refractivity contribution in [2.24, 2.45) is 0 Å². The molecule has 0 amide bonds. The van der Waals surface area contributed by atoms with Crippen LogP contribution in [0.4, 0.5) is 0 Å². The fourth-order valence-corrected chi connectivity index (χ4v) is 1.23. The normalized spacial score (nSPS) is 20.0. The van der Waals surface area contributed by atoms with Gasteiger partial charge in [0.25, 0.3) is 0 Å². The smallest absolute Gasteiger partial charge is 0.0479 e. The molecular formula is C9H23N3. The molecule has 74 valence electrons. The third-order valence-corrected chi connectivity index (χ3v) is 1.98. The van der Waals surface area contributed by atoms with E-state index in [2.05, 4.69) is 22.2 Å². The van der Waals surface area contributed by atoms with E-state index in [0.717, 1.165) is 6.67 Å². The highest BCUT2D eigenvalue weighted by molar-refractivity contribution is 4.67. The summed E-state index contributed by atoms with van der Waals surface area (Å²) in [6, 6.07) is 0. The second kappa shape index (κ2) is 7.53. The molecular weight excluding hydrogens is 150 g/mol. The molecule has 0 unspecified atom stereocenters. The molecule has 0 bridgehead atoms. The minimum Gasteiger partial charge on any atom is -0.307 e. The molecule has 12 heavy (non-hydrogen) atoms. The third kappa shape index (κ3) is 4.70. The van der Waals surface area contributed by atoms with E-state index in [1.54, 1.807) is 0 Å². The molecule has 3 nitrogen and oxygen atoms in total. The van der Waals surface area contributed by atoms with Gasteiger partial charge in [0.2, 0.25) is 0 Å². The van der Waals surface area contributed by atoms with E-state index in [1.807, 2.05) is 20.9 Å². The maximum atomic E-state index is 3.16. The zero-order chi connectivity index (χ0) is 9.40. The van der Waals surface area contributed by atoms with Crippen molar-refractivity contribution in [3.63, 3.8) is 0 Å². The molecule has 3 heteroatoms. The van der Waals surface area contributed by atoms with Gasteiger partial charge in [0.15, 0.2) is 0 Å². The summed E-state index contributed by atoms with van der Waals surface area (Å²) in [6.45, 7) is 9.87. The summed E-state index contributed by atoms with van der Waals surface area (Å²) in [6.07, 6.45) is 0. The summed E-state index contributed by atoms with van der Waals surface area (Å²) in [7, 11) is 4.18. The second-order valence-electron chi connectivity index (χ2n) is 2.93. The Morgan fingerprint density at radius 3 is 2.00 bits per heavy atom. The van der Waals surface area contributed by atoms with Crippen LogP contribution in [0.15, 0.2) is 0 Å². The Hall–Kier alpha value is -0.120. The number of nitrogens with zero attached hydrogens (tertiary/aromatic N) is 2. The molecule has 0 spiro atoms. The van der Waals surface area contributed by atoms with Gasteiger partial charge in [-0.3, -0.25) is 4.90 Å². The first-order chi connectivity index (χ1) is 5.83. The number of nitrogens with one attached hydrogen (secondary N) is 1. The van der Waals surface area contributed by atoms with E-state index in [0.29, 0.717) is 0 Å². The van der Waals surface area contributed by atoms with E-state index in [1.165, 1.54) is 26.2 Å². The molecule has 0 aromatic rings. The van der Waals surface area contributed by atoms with Gasteiger partial charge in [-0.2, -0.15) is 0 Å².